The molecule has 1 unspecified atom stereocenters. The lowest BCUT2D eigenvalue weighted by atomic mass is 9.88. The molecule has 2 heteroatoms. The van der Waals surface area contributed by atoms with Crippen molar-refractivity contribution in [2.75, 3.05) is 6.54 Å². The van der Waals surface area contributed by atoms with Gasteiger partial charge in [-0.3, -0.25) is 4.98 Å². The van der Waals surface area contributed by atoms with Crippen molar-refractivity contribution >= 4 is 0 Å². The van der Waals surface area contributed by atoms with Crippen molar-refractivity contribution in [3.63, 3.8) is 0 Å². The molecule has 1 N–H and O–H groups in total. The standard InChI is InChI=1S/C17H28N2/c1-2-19-17(16-9-5-3-4-6-10-16)12-11-15-8-7-13-18-14-15/h7-8,13-14,16-17,19H,2-6,9-12H2,1H3. The highest BCUT2D eigenvalue weighted by Gasteiger charge is 2.21. The molecule has 1 fully saturated rings. The quantitative estimate of drug-likeness (QED) is 0.783. The van der Waals surface area contributed by atoms with Crippen LogP contribution in [0.4, 0.5) is 0 Å². The van der Waals surface area contributed by atoms with Gasteiger partial charge < -0.3 is 5.32 Å². The number of hydrogen-bond donors (Lipinski definition) is 1. The smallest absolute Gasteiger partial charge is 0.0299 e. The minimum Gasteiger partial charge on any atom is -0.314 e. The van der Waals surface area contributed by atoms with Crippen LogP contribution in [0.3, 0.4) is 0 Å². The van der Waals surface area contributed by atoms with E-state index in [-0.39, 0.29) is 0 Å². The van der Waals surface area contributed by atoms with Crippen LogP contribution in [-0.4, -0.2) is 17.6 Å². The van der Waals surface area contributed by atoms with Crippen LogP contribution in [-0.2, 0) is 6.42 Å². The molecule has 1 aromatic heterocycles. The molecule has 1 saturated carbocycles. The Kier molecular flexibility index (Phi) is 6.35. The van der Waals surface area contributed by atoms with E-state index in [2.05, 4.69) is 23.3 Å². The summed E-state index contributed by atoms with van der Waals surface area (Å²) in [7, 11) is 0. The fourth-order valence-corrected chi connectivity index (χ4v) is 3.35. The lowest BCUT2D eigenvalue weighted by molar-refractivity contribution is 0.308. The lowest BCUT2D eigenvalue weighted by Crippen LogP contribution is -2.36. The first kappa shape index (κ1) is 14.5. The van der Waals surface area contributed by atoms with E-state index in [4.69, 9.17) is 0 Å². The molecule has 106 valence electrons. The molecule has 0 bridgehead atoms. The molecule has 1 aromatic rings. The Balaban J connectivity index is 1.87. The van der Waals surface area contributed by atoms with Crippen LogP contribution >= 0.6 is 0 Å². The Hall–Kier alpha value is -0.890. The van der Waals surface area contributed by atoms with Gasteiger partial charge in [-0.2, -0.15) is 0 Å². The highest BCUT2D eigenvalue weighted by atomic mass is 14.9. The second-order valence-electron chi connectivity index (χ2n) is 5.82. The number of pyridine rings is 1. The molecule has 1 aliphatic rings. The summed E-state index contributed by atoms with van der Waals surface area (Å²) < 4.78 is 0. The van der Waals surface area contributed by atoms with Crippen LogP contribution in [0.1, 0.15) is 57.4 Å². The minimum atomic E-state index is 0.698. The summed E-state index contributed by atoms with van der Waals surface area (Å²) in [6.07, 6.45) is 14.9. The van der Waals surface area contributed by atoms with Gasteiger partial charge in [0.15, 0.2) is 0 Å². The maximum atomic E-state index is 4.22. The average Bonchev–Trinajstić information content (AvgIpc) is 2.73. The summed E-state index contributed by atoms with van der Waals surface area (Å²) in [6, 6.07) is 4.94. The first-order valence-corrected chi connectivity index (χ1v) is 8.02. The van der Waals surface area contributed by atoms with E-state index in [9.17, 15) is 0 Å². The first-order chi connectivity index (χ1) is 9.40. The normalized spacial score (nSPS) is 19.0. The predicted molar refractivity (Wildman–Crippen MR) is 81.2 cm³/mol. The van der Waals surface area contributed by atoms with Gasteiger partial charge in [-0.15, -0.1) is 0 Å². The third kappa shape index (κ3) is 4.94. The van der Waals surface area contributed by atoms with Crippen LogP contribution in [0.5, 0.6) is 0 Å². The van der Waals surface area contributed by atoms with Gasteiger partial charge in [0.2, 0.25) is 0 Å². The fourth-order valence-electron chi connectivity index (χ4n) is 3.35. The Morgan fingerprint density at radius 3 is 2.68 bits per heavy atom. The van der Waals surface area contributed by atoms with Gasteiger partial charge in [-0.05, 0) is 49.8 Å². The topological polar surface area (TPSA) is 24.9 Å². The average molecular weight is 260 g/mol. The second-order valence-corrected chi connectivity index (χ2v) is 5.82. The summed E-state index contributed by atoms with van der Waals surface area (Å²) in [5.74, 6) is 0.888. The number of aryl methyl sites for hydroxylation is 1. The number of nitrogens with one attached hydrogen (secondary N) is 1. The zero-order valence-electron chi connectivity index (χ0n) is 12.3. The largest absolute Gasteiger partial charge is 0.314 e. The fraction of sp³-hybridized carbons (Fsp3) is 0.706. The van der Waals surface area contributed by atoms with Crippen molar-refractivity contribution < 1.29 is 0 Å². The number of hydrogen-bond acceptors (Lipinski definition) is 2. The van der Waals surface area contributed by atoms with Crippen molar-refractivity contribution in [2.24, 2.45) is 5.92 Å². The van der Waals surface area contributed by atoms with Gasteiger partial charge in [0.25, 0.3) is 0 Å². The molecule has 0 aromatic carbocycles. The maximum absolute atomic E-state index is 4.22. The highest BCUT2D eigenvalue weighted by Crippen LogP contribution is 2.27. The van der Waals surface area contributed by atoms with Crippen molar-refractivity contribution in [1.82, 2.24) is 10.3 Å². The van der Waals surface area contributed by atoms with Gasteiger partial charge in [-0.25, -0.2) is 0 Å². The van der Waals surface area contributed by atoms with E-state index in [0.717, 1.165) is 18.9 Å². The van der Waals surface area contributed by atoms with Gasteiger partial charge >= 0.3 is 0 Å². The monoisotopic (exact) mass is 260 g/mol. The van der Waals surface area contributed by atoms with E-state index in [1.165, 1.54) is 50.5 Å². The molecule has 1 aliphatic carbocycles. The van der Waals surface area contributed by atoms with Crippen LogP contribution in [0.15, 0.2) is 24.5 Å². The molecule has 0 aliphatic heterocycles. The summed E-state index contributed by atoms with van der Waals surface area (Å²) in [5.41, 5.74) is 1.37. The summed E-state index contributed by atoms with van der Waals surface area (Å²) in [5, 5.41) is 3.73. The molecule has 0 radical (unpaired) electrons. The van der Waals surface area contributed by atoms with Gasteiger partial charge in [-0.1, -0.05) is 38.7 Å². The van der Waals surface area contributed by atoms with Crippen molar-refractivity contribution in [1.29, 1.82) is 0 Å². The SMILES string of the molecule is CCNC(CCc1cccnc1)C1CCCCCC1. The molecular formula is C17H28N2. The van der Waals surface area contributed by atoms with E-state index >= 15 is 0 Å². The summed E-state index contributed by atoms with van der Waals surface area (Å²) >= 11 is 0. The molecule has 2 rings (SSSR count). The number of aromatic nitrogens is 1. The summed E-state index contributed by atoms with van der Waals surface area (Å²) in [4.78, 5) is 4.22. The molecule has 0 spiro atoms. The Morgan fingerprint density at radius 1 is 1.26 bits per heavy atom. The first-order valence-electron chi connectivity index (χ1n) is 8.02. The van der Waals surface area contributed by atoms with E-state index in [1.54, 1.807) is 0 Å². The van der Waals surface area contributed by atoms with Crippen LogP contribution in [0.25, 0.3) is 0 Å². The van der Waals surface area contributed by atoms with Crippen LogP contribution < -0.4 is 5.32 Å². The highest BCUT2D eigenvalue weighted by molar-refractivity contribution is 5.08. The third-order valence-electron chi connectivity index (χ3n) is 4.40. The Morgan fingerprint density at radius 2 is 2.05 bits per heavy atom. The number of nitrogens with zero attached hydrogens (tertiary/aromatic N) is 1. The molecule has 2 nitrogen and oxygen atoms in total. The van der Waals surface area contributed by atoms with Crippen molar-refractivity contribution in [3.8, 4) is 0 Å². The minimum absolute atomic E-state index is 0.698. The maximum Gasteiger partial charge on any atom is 0.0299 e. The second kappa shape index (κ2) is 8.31. The molecular weight excluding hydrogens is 232 g/mol. The van der Waals surface area contributed by atoms with E-state index in [1.807, 2.05) is 18.5 Å². The number of rotatable bonds is 6. The van der Waals surface area contributed by atoms with Crippen molar-refractivity contribution in [2.45, 2.75) is 64.3 Å². The van der Waals surface area contributed by atoms with Crippen molar-refractivity contribution in [3.05, 3.63) is 30.1 Å². The van der Waals surface area contributed by atoms with E-state index in [0.29, 0.717) is 6.04 Å². The molecule has 0 amide bonds. The zero-order valence-corrected chi connectivity index (χ0v) is 12.3. The van der Waals surface area contributed by atoms with Gasteiger partial charge in [0.1, 0.15) is 0 Å². The van der Waals surface area contributed by atoms with Gasteiger partial charge in [0.05, 0.1) is 0 Å². The molecule has 1 atom stereocenters. The molecule has 1 heterocycles. The van der Waals surface area contributed by atoms with E-state index < -0.39 is 0 Å². The van der Waals surface area contributed by atoms with Gasteiger partial charge in [0, 0.05) is 18.4 Å². The zero-order chi connectivity index (χ0) is 13.3. The Labute approximate surface area is 118 Å². The van der Waals surface area contributed by atoms with Crippen LogP contribution in [0, 0.1) is 5.92 Å². The third-order valence-corrected chi connectivity index (χ3v) is 4.40. The van der Waals surface area contributed by atoms with Crippen LogP contribution in [0.2, 0.25) is 0 Å². The lowest BCUT2D eigenvalue weighted by Gasteiger charge is -2.27. The molecule has 0 saturated heterocycles. The predicted octanol–water partition coefficient (Wildman–Crippen LogP) is 3.96. The Bertz CT molecular complexity index is 328. The summed E-state index contributed by atoms with van der Waals surface area (Å²) in [6.45, 7) is 3.32. The molecule has 19 heavy (non-hydrogen) atoms.